The van der Waals surface area contributed by atoms with Crippen LogP contribution >= 0.6 is 0 Å². The largest absolute Gasteiger partial charge is 0.403 e. The summed E-state index contributed by atoms with van der Waals surface area (Å²) < 4.78 is 19.8. The second kappa shape index (κ2) is 5.76. The molecule has 0 aliphatic heterocycles. The maximum Gasteiger partial charge on any atom is 0.322 e. The lowest BCUT2D eigenvalue weighted by molar-refractivity contribution is 0.101. The molecule has 0 aliphatic rings. The van der Waals surface area contributed by atoms with Crippen molar-refractivity contribution in [1.29, 1.82) is 0 Å². The van der Waals surface area contributed by atoms with E-state index in [-0.39, 0.29) is 17.7 Å². The zero-order chi connectivity index (χ0) is 15.5. The molecule has 1 amide bonds. The highest BCUT2D eigenvalue weighted by Crippen LogP contribution is 2.20. The van der Waals surface area contributed by atoms with Crippen LogP contribution in [0.15, 0.2) is 40.9 Å². The van der Waals surface area contributed by atoms with E-state index in [0.29, 0.717) is 17.8 Å². The van der Waals surface area contributed by atoms with Crippen molar-refractivity contribution in [3.8, 4) is 11.5 Å². The Morgan fingerprint density at radius 2 is 2.05 bits per heavy atom. The van der Waals surface area contributed by atoms with Gasteiger partial charge in [-0.1, -0.05) is 5.10 Å². The average molecular weight is 301 g/mol. The van der Waals surface area contributed by atoms with Crippen LogP contribution in [0.3, 0.4) is 0 Å². The number of rotatable bonds is 4. The van der Waals surface area contributed by atoms with Crippen LogP contribution in [0.1, 0.15) is 17.4 Å². The van der Waals surface area contributed by atoms with Crippen molar-refractivity contribution in [2.24, 2.45) is 0 Å². The van der Waals surface area contributed by atoms with Gasteiger partial charge in [0.1, 0.15) is 11.5 Å². The number of hydrogen-bond acceptors (Lipinski definition) is 5. The van der Waals surface area contributed by atoms with E-state index in [4.69, 9.17) is 4.42 Å². The van der Waals surface area contributed by atoms with Crippen LogP contribution < -0.4 is 5.32 Å². The first kappa shape index (κ1) is 13.9. The van der Waals surface area contributed by atoms with Crippen LogP contribution in [-0.4, -0.2) is 25.9 Å². The van der Waals surface area contributed by atoms with E-state index in [9.17, 15) is 9.18 Å². The van der Waals surface area contributed by atoms with Crippen LogP contribution in [0.25, 0.3) is 11.5 Å². The maximum absolute atomic E-state index is 12.9. The molecule has 7 nitrogen and oxygen atoms in total. The first-order valence-electron chi connectivity index (χ1n) is 6.60. The van der Waals surface area contributed by atoms with E-state index < -0.39 is 5.91 Å². The van der Waals surface area contributed by atoms with Crippen molar-refractivity contribution in [1.82, 2.24) is 20.0 Å². The lowest BCUT2D eigenvalue weighted by atomic mass is 10.2. The minimum atomic E-state index is -0.395. The highest BCUT2D eigenvalue weighted by atomic mass is 19.1. The molecule has 0 fully saturated rings. The van der Waals surface area contributed by atoms with Gasteiger partial charge in [-0.05, 0) is 37.3 Å². The third-order valence-electron chi connectivity index (χ3n) is 2.99. The zero-order valence-electron chi connectivity index (χ0n) is 11.7. The Morgan fingerprint density at radius 1 is 1.27 bits per heavy atom. The lowest BCUT2D eigenvalue weighted by Crippen LogP contribution is -2.17. The van der Waals surface area contributed by atoms with Gasteiger partial charge in [-0.2, -0.15) is 5.10 Å². The van der Waals surface area contributed by atoms with Gasteiger partial charge in [0.2, 0.25) is 5.89 Å². The molecular weight excluding hydrogens is 289 g/mol. The van der Waals surface area contributed by atoms with Crippen LogP contribution in [0, 0.1) is 5.82 Å². The quantitative estimate of drug-likeness (QED) is 0.799. The minimum Gasteiger partial charge on any atom is -0.403 e. The summed E-state index contributed by atoms with van der Waals surface area (Å²) in [4.78, 5) is 12.1. The molecule has 0 radical (unpaired) electrons. The molecule has 0 saturated heterocycles. The van der Waals surface area contributed by atoms with Crippen LogP contribution in [-0.2, 0) is 6.54 Å². The molecule has 0 spiro atoms. The highest BCUT2D eigenvalue weighted by Gasteiger charge is 2.15. The molecule has 1 N–H and O–H groups in total. The normalized spacial score (nSPS) is 10.6. The van der Waals surface area contributed by atoms with E-state index in [2.05, 4.69) is 20.6 Å². The van der Waals surface area contributed by atoms with Gasteiger partial charge < -0.3 is 4.42 Å². The summed E-state index contributed by atoms with van der Waals surface area (Å²) in [6.07, 6.45) is 1.54. The van der Waals surface area contributed by atoms with Gasteiger partial charge in [0.15, 0.2) is 0 Å². The van der Waals surface area contributed by atoms with Gasteiger partial charge in [-0.25, -0.2) is 4.39 Å². The topological polar surface area (TPSA) is 85.8 Å². The molecule has 3 rings (SSSR count). The fraction of sp³-hybridized carbons (Fsp3) is 0.143. The molecule has 8 heteroatoms. The molecule has 0 saturated carbocycles. The molecule has 0 bridgehead atoms. The molecule has 0 aliphatic carbocycles. The number of carbonyl (C=O) groups is 1. The molecule has 112 valence electrons. The smallest absolute Gasteiger partial charge is 0.322 e. The van der Waals surface area contributed by atoms with Crippen molar-refractivity contribution < 1.29 is 13.6 Å². The van der Waals surface area contributed by atoms with Crippen molar-refractivity contribution in [3.05, 3.63) is 48.0 Å². The fourth-order valence-electron chi connectivity index (χ4n) is 1.92. The third kappa shape index (κ3) is 2.71. The standard InChI is InChI=1S/C14H12FN5O2/c1-2-20-11(7-8-16-20)12(21)17-14-19-18-13(22-14)9-3-5-10(15)6-4-9/h3-8H,2H2,1H3,(H,17,19,21). The Balaban J connectivity index is 1.77. The first-order valence-corrected chi connectivity index (χ1v) is 6.60. The number of benzene rings is 1. The van der Waals surface area contributed by atoms with E-state index in [0.717, 1.165) is 0 Å². The number of hydrogen-bond donors (Lipinski definition) is 1. The summed E-state index contributed by atoms with van der Waals surface area (Å²) in [6.45, 7) is 2.45. The minimum absolute atomic E-state index is 0.0341. The second-order valence-electron chi connectivity index (χ2n) is 4.41. The molecule has 1 aromatic carbocycles. The van der Waals surface area contributed by atoms with E-state index in [1.165, 1.54) is 30.5 Å². The number of aryl methyl sites for hydroxylation is 1. The Labute approximate surface area is 124 Å². The predicted octanol–water partition coefficient (Wildman–Crippen LogP) is 2.34. The Bertz CT molecular complexity index is 794. The van der Waals surface area contributed by atoms with Crippen molar-refractivity contribution in [3.63, 3.8) is 0 Å². The van der Waals surface area contributed by atoms with Gasteiger partial charge >= 0.3 is 6.01 Å². The monoisotopic (exact) mass is 301 g/mol. The third-order valence-corrected chi connectivity index (χ3v) is 2.99. The van der Waals surface area contributed by atoms with E-state index in [1.807, 2.05) is 6.92 Å². The summed E-state index contributed by atoms with van der Waals surface area (Å²) in [5, 5.41) is 14.1. The number of nitrogens with zero attached hydrogens (tertiary/aromatic N) is 4. The molecular formula is C14H12FN5O2. The number of anilines is 1. The predicted molar refractivity (Wildman–Crippen MR) is 75.5 cm³/mol. The summed E-state index contributed by atoms with van der Waals surface area (Å²) >= 11 is 0. The highest BCUT2D eigenvalue weighted by molar-refractivity contribution is 6.01. The van der Waals surface area contributed by atoms with Gasteiger partial charge in [-0.15, -0.1) is 5.10 Å². The van der Waals surface area contributed by atoms with Gasteiger partial charge in [0.05, 0.1) is 0 Å². The van der Waals surface area contributed by atoms with Crippen LogP contribution in [0.4, 0.5) is 10.4 Å². The van der Waals surface area contributed by atoms with Crippen molar-refractivity contribution >= 4 is 11.9 Å². The maximum atomic E-state index is 12.9. The molecule has 0 atom stereocenters. The Hall–Kier alpha value is -3.03. The lowest BCUT2D eigenvalue weighted by Gasteiger charge is -2.02. The number of halogens is 1. The molecule has 2 aromatic heterocycles. The first-order chi connectivity index (χ1) is 10.7. The number of nitrogens with one attached hydrogen (secondary N) is 1. The number of aromatic nitrogens is 4. The summed E-state index contributed by atoms with van der Waals surface area (Å²) in [5.41, 5.74) is 0.956. The van der Waals surface area contributed by atoms with Crippen LogP contribution in [0.2, 0.25) is 0 Å². The molecule has 2 heterocycles. The van der Waals surface area contributed by atoms with Gasteiger partial charge in [0, 0.05) is 18.3 Å². The molecule has 0 unspecified atom stereocenters. The van der Waals surface area contributed by atoms with Crippen molar-refractivity contribution in [2.75, 3.05) is 5.32 Å². The van der Waals surface area contributed by atoms with Crippen LogP contribution in [0.5, 0.6) is 0 Å². The van der Waals surface area contributed by atoms with Gasteiger partial charge in [-0.3, -0.25) is 14.8 Å². The van der Waals surface area contributed by atoms with E-state index >= 15 is 0 Å². The summed E-state index contributed by atoms with van der Waals surface area (Å²) in [5.74, 6) is -0.558. The Kier molecular flexibility index (Phi) is 3.65. The fourth-order valence-corrected chi connectivity index (χ4v) is 1.92. The number of carbonyl (C=O) groups excluding carboxylic acids is 1. The summed E-state index contributed by atoms with van der Waals surface area (Å²) in [7, 11) is 0. The van der Waals surface area contributed by atoms with Crippen molar-refractivity contribution in [2.45, 2.75) is 13.5 Å². The summed E-state index contributed by atoms with van der Waals surface area (Å²) in [6, 6.07) is 7.17. The Morgan fingerprint density at radius 3 is 2.77 bits per heavy atom. The van der Waals surface area contributed by atoms with E-state index in [1.54, 1.807) is 10.7 Å². The van der Waals surface area contributed by atoms with Gasteiger partial charge in [0.25, 0.3) is 5.91 Å². The number of amides is 1. The average Bonchev–Trinajstić information content (AvgIpc) is 3.16. The molecule has 3 aromatic rings. The second-order valence-corrected chi connectivity index (χ2v) is 4.41. The SMILES string of the molecule is CCn1nccc1C(=O)Nc1nnc(-c2ccc(F)cc2)o1. The zero-order valence-corrected chi connectivity index (χ0v) is 11.7. The molecule has 22 heavy (non-hydrogen) atoms.